The highest BCUT2D eigenvalue weighted by atomic mass is 16.5. The molecule has 0 fully saturated rings. The Kier molecular flexibility index (Phi) is 3.14. The van der Waals surface area contributed by atoms with Gasteiger partial charge in [-0.05, 0) is 42.5 Å². The van der Waals surface area contributed by atoms with Crippen molar-refractivity contribution in [1.82, 2.24) is 0 Å². The van der Waals surface area contributed by atoms with Crippen LogP contribution < -0.4 is 10.1 Å². The molecule has 1 unspecified atom stereocenters. The summed E-state index contributed by atoms with van der Waals surface area (Å²) >= 11 is 0. The Morgan fingerprint density at radius 3 is 3.13 bits per heavy atom. The van der Waals surface area contributed by atoms with Crippen LogP contribution in [0.25, 0.3) is 0 Å². The molecule has 2 nitrogen and oxygen atoms in total. The van der Waals surface area contributed by atoms with Crippen molar-refractivity contribution in [1.29, 1.82) is 0 Å². The van der Waals surface area contributed by atoms with Crippen molar-refractivity contribution in [2.45, 2.75) is 26.7 Å². The molecule has 0 saturated carbocycles. The van der Waals surface area contributed by atoms with Crippen LogP contribution in [-0.2, 0) is 6.42 Å². The van der Waals surface area contributed by atoms with Crippen LogP contribution in [-0.4, -0.2) is 13.2 Å². The Bertz CT molecular complexity index is 335. The average molecular weight is 205 g/mol. The van der Waals surface area contributed by atoms with Crippen LogP contribution in [0.5, 0.6) is 5.75 Å². The molecule has 1 aromatic carbocycles. The SMILES string of the molecule is CCCOc1ccc2c(c1)CC(C)CN2. The summed E-state index contributed by atoms with van der Waals surface area (Å²) in [5.41, 5.74) is 2.67. The number of hydrogen-bond donors (Lipinski definition) is 1. The summed E-state index contributed by atoms with van der Waals surface area (Å²) < 4.78 is 5.63. The van der Waals surface area contributed by atoms with E-state index in [4.69, 9.17) is 4.74 Å². The van der Waals surface area contributed by atoms with Gasteiger partial charge in [-0.3, -0.25) is 0 Å². The van der Waals surface area contributed by atoms with Gasteiger partial charge in [0.1, 0.15) is 5.75 Å². The van der Waals surface area contributed by atoms with Gasteiger partial charge in [0.2, 0.25) is 0 Å². The van der Waals surface area contributed by atoms with E-state index in [1.807, 2.05) is 0 Å². The van der Waals surface area contributed by atoms with Crippen LogP contribution in [0.1, 0.15) is 25.8 Å². The highest BCUT2D eigenvalue weighted by molar-refractivity contribution is 5.56. The molecule has 2 heteroatoms. The summed E-state index contributed by atoms with van der Waals surface area (Å²) in [7, 11) is 0. The van der Waals surface area contributed by atoms with Crippen molar-refractivity contribution < 1.29 is 4.74 Å². The van der Waals surface area contributed by atoms with Gasteiger partial charge in [-0.2, -0.15) is 0 Å². The molecule has 0 radical (unpaired) electrons. The molecule has 0 amide bonds. The summed E-state index contributed by atoms with van der Waals surface area (Å²) in [6, 6.07) is 6.36. The third-order valence-electron chi connectivity index (χ3n) is 2.76. The minimum absolute atomic E-state index is 0.721. The second-order valence-corrected chi connectivity index (χ2v) is 4.36. The number of hydrogen-bond acceptors (Lipinski definition) is 2. The number of anilines is 1. The Morgan fingerprint density at radius 1 is 1.47 bits per heavy atom. The minimum atomic E-state index is 0.721. The lowest BCUT2D eigenvalue weighted by Crippen LogP contribution is -2.20. The van der Waals surface area contributed by atoms with Crippen LogP contribution in [0.4, 0.5) is 5.69 Å². The van der Waals surface area contributed by atoms with Gasteiger partial charge < -0.3 is 10.1 Å². The molecule has 0 saturated heterocycles. The predicted octanol–water partition coefficient (Wildman–Crippen LogP) is 3.08. The van der Waals surface area contributed by atoms with Gasteiger partial charge in [-0.15, -0.1) is 0 Å². The van der Waals surface area contributed by atoms with Gasteiger partial charge in [-0.1, -0.05) is 13.8 Å². The van der Waals surface area contributed by atoms with E-state index >= 15 is 0 Å². The average Bonchev–Trinajstić information content (AvgIpc) is 2.25. The summed E-state index contributed by atoms with van der Waals surface area (Å²) in [6.45, 7) is 6.29. The highest BCUT2D eigenvalue weighted by Gasteiger charge is 2.14. The highest BCUT2D eigenvalue weighted by Crippen LogP contribution is 2.28. The van der Waals surface area contributed by atoms with Crippen LogP contribution in [0.3, 0.4) is 0 Å². The monoisotopic (exact) mass is 205 g/mol. The molecule has 1 atom stereocenters. The first-order valence-electron chi connectivity index (χ1n) is 5.79. The Labute approximate surface area is 91.6 Å². The predicted molar refractivity (Wildman–Crippen MR) is 63.6 cm³/mol. The molecule has 0 aliphatic carbocycles. The molecule has 2 rings (SSSR count). The van der Waals surface area contributed by atoms with Gasteiger partial charge in [0, 0.05) is 12.2 Å². The lowest BCUT2D eigenvalue weighted by atomic mass is 9.95. The zero-order chi connectivity index (χ0) is 10.7. The minimum Gasteiger partial charge on any atom is -0.494 e. The normalized spacial score (nSPS) is 19.2. The number of nitrogens with one attached hydrogen (secondary N) is 1. The van der Waals surface area contributed by atoms with Crippen LogP contribution in [0.2, 0.25) is 0 Å². The third kappa shape index (κ3) is 2.44. The largest absolute Gasteiger partial charge is 0.494 e. The van der Waals surface area contributed by atoms with E-state index in [1.165, 1.54) is 11.3 Å². The van der Waals surface area contributed by atoms with Gasteiger partial charge in [0.25, 0.3) is 0 Å². The smallest absolute Gasteiger partial charge is 0.119 e. The van der Waals surface area contributed by atoms with Gasteiger partial charge in [0.05, 0.1) is 6.61 Å². The molecule has 0 spiro atoms. The first-order valence-corrected chi connectivity index (χ1v) is 5.79. The fraction of sp³-hybridized carbons (Fsp3) is 0.538. The fourth-order valence-corrected chi connectivity index (χ4v) is 1.95. The van der Waals surface area contributed by atoms with Gasteiger partial charge in [-0.25, -0.2) is 0 Å². The maximum atomic E-state index is 5.63. The Balaban J connectivity index is 2.13. The molecule has 1 aliphatic rings. The number of benzene rings is 1. The summed E-state index contributed by atoms with van der Waals surface area (Å²) in [6.07, 6.45) is 2.22. The maximum Gasteiger partial charge on any atom is 0.119 e. The third-order valence-corrected chi connectivity index (χ3v) is 2.76. The van der Waals surface area contributed by atoms with Gasteiger partial charge in [0.15, 0.2) is 0 Å². The molecule has 1 aliphatic heterocycles. The molecule has 1 aromatic rings. The molecule has 82 valence electrons. The molecular formula is C13H19NO. The zero-order valence-electron chi connectivity index (χ0n) is 9.55. The van der Waals surface area contributed by atoms with Crippen LogP contribution >= 0.6 is 0 Å². The van der Waals surface area contributed by atoms with E-state index in [1.54, 1.807) is 0 Å². The fourth-order valence-electron chi connectivity index (χ4n) is 1.95. The van der Waals surface area contributed by atoms with E-state index in [9.17, 15) is 0 Å². The first kappa shape index (κ1) is 10.3. The van der Waals surface area contributed by atoms with E-state index in [0.29, 0.717) is 0 Å². The topological polar surface area (TPSA) is 21.3 Å². The molecule has 1 heterocycles. The second kappa shape index (κ2) is 4.56. The number of rotatable bonds is 3. The second-order valence-electron chi connectivity index (χ2n) is 4.36. The molecule has 0 aromatic heterocycles. The number of ether oxygens (including phenoxy) is 1. The Hall–Kier alpha value is -1.18. The molecule has 15 heavy (non-hydrogen) atoms. The summed E-state index contributed by atoms with van der Waals surface area (Å²) in [5, 5.41) is 3.44. The molecular weight excluding hydrogens is 186 g/mol. The van der Waals surface area contributed by atoms with E-state index in [-0.39, 0.29) is 0 Å². The Morgan fingerprint density at radius 2 is 2.33 bits per heavy atom. The lowest BCUT2D eigenvalue weighted by molar-refractivity contribution is 0.317. The van der Waals surface area contributed by atoms with Crippen molar-refractivity contribution in [3.05, 3.63) is 23.8 Å². The van der Waals surface area contributed by atoms with Crippen molar-refractivity contribution in [2.24, 2.45) is 5.92 Å². The summed E-state index contributed by atoms with van der Waals surface area (Å²) in [4.78, 5) is 0. The first-order chi connectivity index (χ1) is 7.29. The van der Waals surface area contributed by atoms with E-state index in [2.05, 4.69) is 37.4 Å². The van der Waals surface area contributed by atoms with Crippen LogP contribution in [0.15, 0.2) is 18.2 Å². The van der Waals surface area contributed by atoms with Crippen molar-refractivity contribution in [3.63, 3.8) is 0 Å². The van der Waals surface area contributed by atoms with E-state index in [0.717, 1.165) is 37.7 Å². The quantitative estimate of drug-likeness (QED) is 0.818. The summed E-state index contributed by atoms with van der Waals surface area (Å²) in [5.74, 6) is 1.73. The maximum absolute atomic E-state index is 5.63. The van der Waals surface area contributed by atoms with Crippen LogP contribution in [0, 0.1) is 5.92 Å². The van der Waals surface area contributed by atoms with Crippen molar-refractivity contribution >= 4 is 5.69 Å². The standard InChI is InChI=1S/C13H19NO/c1-3-6-15-12-4-5-13-11(8-12)7-10(2)9-14-13/h4-5,8,10,14H,3,6-7,9H2,1-2H3. The van der Waals surface area contributed by atoms with Crippen molar-refractivity contribution in [3.8, 4) is 5.75 Å². The van der Waals surface area contributed by atoms with Crippen molar-refractivity contribution in [2.75, 3.05) is 18.5 Å². The van der Waals surface area contributed by atoms with Gasteiger partial charge >= 0.3 is 0 Å². The van der Waals surface area contributed by atoms with E-state index < -0.39 is 0 Å². The zero-order valence-corrected chi connectivity index (χ0v) is 9.55. The molecule has 1 N–H and O–H groups in total. The number of fused-ring (bicyclic) bond motifs is 1. The lowest BCUT2D eigenvalue weighted by Gasteiger charge is -2.23. The molecule has 0 bridgehead atoms.